The van der Waals surface area contributed by atoms with Crippen LogP contribution in [0.2, 0.25) is 10.0 Å². The Balaban J connectivity index is 2.58. The third-order valence-corrected chi connectivity index (χ3v) is 3.19. The third kappa shape index (κ3) is 2.40. The van der Waals surface area contributed by atoms with E-state index in [1.165, 1.54) is 12.1 Å². The van der Waals surface area contributed by atoms with E-state index < -0.39 is 11.6 Å². The molecule has 0 fully saturated rings. The monoisotopic (exact) mass is 282 g/mol. The van der Waals surface area contributed by atoms with Gasteiger partial charge in [0.15, 0.2) is 5.78 Å². The first kappa shape index (κ1) is 13.1. The van der Waals surface area contributed by atoms with Crippen LogP contribution < -0.4 is 0 Å². The van der Waals surface area contributed by atoms with Gasteiger partial charge >= 0.3 is 0 Å². The van der Waals surface area contributed by atoms with Crippen molar-refractivity contribution in [3.8, 4) is 0 Å². The number of carbonyl (C=O) groups excluding carboxylic acids is 1. The quantitative estimate of drug-likeness (QED) is 0.732. The molecule has 0 unspecified atom stereocenters. The van der Waals surface area contributed by atoms with Crippen molar-refractivity contribution in [1.82, 2.24) is 0 Å². The van der Waals surface area contributed by atoms with Crippen LogP contribution >= 0.6 is 23.2 Å². The molecule has 2 rings (SSSR count). The van der Waals surface area contributed by atoms with Crippen molar-refractivity contribution in [3.63, 3.8) is 0 Å². The molecule has 0 amide bonds. The van der Waals surface area contributed by atoms with Crippen molar-refractivity contribution >= 4 is 29.0 Å². The molecule has 92 valence electrons. The van der Waals surface area contributed by atoms with Gasteiger partial charge in [0.25, 0.3) is 0 Å². The molecule has 0 heterocycles. The number of benzene rings is 2. The second-order valence-electron chi connectivity index (χ2n) is 3.91. The van der Waals surface area contributed by atoms with E-state index in [0.717, 1.165) is 5.56 Å². The van der Waals surface area contributed by atoms with Gasteiger partial charge in [-0.25, -0.2) is 4.39 Å². The molecular formula is C14H9Cl2FO. The molecular weight excluding hydrogens is 274 g/mol. The van der Waals surface area contributed by atoms with Gasteiger partial charge in [0.2, 0.25) is 0 Å². The Morgan fingerprint density at radius 2 is 1.72 bits per heavy atom. The normalized spacial score (nSPS) is 10.4. The summed E-state index contributed by atoms with van der Waals surface area (Å²) in [6.45, 7) is 1.78. The number of rotatable bonds is 2. The SMILES string of the molecule is Cc1ccc(F)c(C(=O)c2c(Cl)cccc2Cl)c1. The molecule has 0 bridgehead atoms. The van der Waals surface area contributed by atoms with Crippen LogP contribution in [0.25, 0.3) is 0 Å². The molecule has 0 radical (unpaired) electrons. The molecule has 4 heteroatoms. The maximum atomic E-state index is 13.7. The highest BCUT2D eigenvalue weighted by molar-refractivity contribution is 6.41. The molecule has 0 atom stereocenters. The second kappa shape index (κ2) is 5.09. The first-order chi connectivity index (χ1) is 8.50. The fourth-order valence-electron chi connectivity index (χ4n) is 1.66. The number of hydrogen-bond acceptors (Lipinski definition) is 1. The highest BCUT2D eigenvalue weighted by Gasteiger charge is 2.19. The van der Waals surface area contributed by atoms with E-state index in [4.69, 9.17) is 23.2 Å². The van der Waals surface area contributed by atoms with Crippen LogP contribution in [0.3, 0.4) is 0 Å². The van der Waals surface area contributed by atoms with Gasteiger partial charge < -0.3 is 0 Å². The van der Waals surface area contributed by atoms with E-state index in [0.29, 0.717) is 0 Å². The van der Waals surface area contributed by atoms with Crippen molar-refractivity contribution in [2.75, 3.05) is 0 Å². The van der Waals surface area contributed by atoms with Crippen molar-refractivity contribution in [2.45, 2.75) is 6.92 Å². The molecule has 0 saturated carbocycles. The highest BCUT2D eigenvalue weighted by atomic mass is 35.5. The molecule has 0 spiro atoms. The summed E-state index contributed by atoms with van der Waals surface area (Å²) >= 11 is 11.9. The lowest BCUT2D eigenvalue weighted by Crippen LogP contribution is -2.06. The zero-order valence-electron chi connectivity index (χ0n) is 9.51. The summed E-state index contributed by atoms with van der Waals surface area (Å²) in [7, 11) is 0. The van der Waals surface area contributed by atoms with Crippen LogP contribution in [-0.2, 0) is 0 Å². The molecule has 0 N–H and O–H groups in total. The van der Waals surface area contributed by atoms with Gasteiger partial charge in [-0.05, 0) is 31.2 Å². The van der Waals surface area contributed by atoms with Crippen LogP contribution in [0.15, 0.2) is 36.4 Å². The first-order valence-corrected chi connectivity index (χ1v) is 6.01. The molecule has 0 aliphatic heterocycles. The van der Waals surface area contributed by atoms with Gasteiger partial charge in [-0.3, -0.25) is 4.79 Å². The summed E-state index contributed by atoms with van der Waals surface area (Å²) in [5.41, 5.74) is 0.901. The number of ketones is 1. The number of halogens is 3. The third-order valence-electron chi connectivity index (χ3n) is 2.56. The topological polar surface area (TPSA) is 17.1 Å². The van der Waals surface area contributed by atoms with E-state index in [9.17, 15) is 9.18 Å². The van der Waals surface area contributed by atoms with Crippen molar-refractivity contribution in [3.05, 3.63) is 69.0 Å². The zero-order chi connectivity index (χ0) is 13.3. The van der Waals surface area contributed by atoms with E-state index in [-0.39, 0.29) is 21.2 Å². The van der Waals surface area contributed by atoms with Crippen molar-refractivity contribution in [1.29, 1.82) is 0 Å². The van der Waals surface area contributed by atoms with Crippen LogP contribution in [-0.4, -0.2) is 5.78 Å². The lowest BCUT2D eigenvalue weighted by atomic mass is 10.0. The Hall–Kier alpha value is -1.38. The summed E-state index contributed by atoms with van der Waals surface area (Å²) in [5, 5.41) is 0.432. The Morgan fingerprint density at radius 1 is 1.11 bits per heavy atom. The minimum absolute atomic E-state index is 0.0231. The fourth-order valence-corrected chi connectivity index (χ4v) is 2.23. The van der Waals surface area contributed by atoms with Gasteiger partial charge in [-0.15, -0.1) is 0 Å². The Morgan fingerprint density at radius 3 is 2.33 bits per heavy atom. The maximum Gasteiger partial charge on any atom is 0.198 e. The standard InChI is InChI=1S/C14H9Cl2FO/c1-8-5-6-12(17)9(7-8)14(18)13-10(15)3-2-4-11(13)16/h2-7H,1H3. The van der Waals surface area contributed by atoms with E-state index >= 15 is 0 Å². The fraction of sp³-hybridized carbons (Fsp3) is 0.0714. The minimum Gasteiger partial charge on any atom is -0.288 e. The predicted molar refractivity (Wildman–Crippen MR) is 71.0 cm³/mol. The number of carbonyl (C=O) groups is 1. The summed E-state index contributed by atoms with van der Waals surface area (Å²) in [6.07, 6.45) is 0. The van der Waals surface area contributed by atoms with Gasteiger partial charge in [-0.1, -0.05) is 40.9 Å². The average molecular weight is 283 g/mol. The highest BCUT2D eigenvalue weighted by Crippen LogP contribution is 2.27. The summed E-state index contributed by atoms with van der Waals surface area (Å²) in [5.74, 6) is -1.09. The molecule has 0 saturated heterocycles. The molecule has 0 aliphatic carbocycles. The Bertz CT molecular complexity index is 603. The molecule has 2 aromatic carbocycles. The van der Waals surface area contributed by atoms with Gasteiger partial charge in [-0.2, -0.15) is 0 Å². The minimum atomic E-state index is -0.582. The number of aryl methyl sites for hydroxylation is 1. The first-order valence-electron chi connectivity index (χ1n) is 5.25. The average Bonchev–Trinajstić information content (AvgIpc) is 2.32. The molecule has 2 aromatic rings. The Kier molecular flexibility index (Phi) is 3.69. The Labute approximate surface area is 114 Å². The largest absolute Gasteiger partial charge is 0.288 e. The van der Waals surface area contributed by atoms with Crippen molar-refractivity contribution in [2.24, 2.45) is 0 Å². The molecule has 0 aromatic heterocycles. The van der Waals surface area contributed by atoms with Crippen molar-refractivity contribution < 1.29 is 9.18 Å². The number of hydrogen-bond donors (Lipinski definition) is 0. The maximum absolute atomic E-state index is 13.7. The predicted octanol–water partition coefficient (Wildman–Crippen LogP) is 4.67. The van der Waals surface area contributed by atoms with E-state index in [1.807, 2.05) is 0 Å². The van der Waals surface area contributed by atoms with E-state index in [2.05, 4.69) is 0 Å². The summed E-state index contributed by atoms with van der Waals surface area (Å²) in [4.78, 5) is 12.3. The lowest BCUT2D eigenvalue weighted by Gasteiger charge is -2.07. The zero-order valence-corrected chi connectivity index (χ0v) is 11.0. The van der Waals surface area contributed by atoms with Crippen LogP contribution in [0.5, 0.6) is 0 Å². The molecule has 18 heavy (non-hydrogen) atoms. The van der Waals surface area contributed by atoms with Crippen LogP contribution in [0, 0.1) is 12.7 Å². The lowest BCUT2D eigenvalue weighted by molar-refractivity contribution is 0.103. The summed E-state index contributed by atoms with van der Waals surface area (Å²) < 4.78 is 13.7. The smallest absolute Gasteiger partial charge is 0.198 e. The summed E-state index contributed by atoms with van der Waals surface area (Å²) in [6, 6.07) is 9.07. The molecule has 0 aliphatic rings. The van der Waals surface area contributed by atoms with Gasteiger partial charge in [0.05, 0.1) is 21.2 Å². The molecule has 1 nitrogen and oxygen atoms in total. The second-order valence-corrected chi connectivity index (χ2v) is 4.72. The van der Waals surface area contributed by atoms with Gasteiger partial charge in [0.1, 0.15) is 5.82 Å². The van der Waals surface area contributed by atoms with Crippen LogP contribution in [0.4, 0.5) is 4.39 Å². The van der Waals surface area contributed by atoms with E-state index in [1.54, 1.807) is 31.2 Å². The van der Waals surface area contributed by atoms with Crippen LogP contribution in [0.1, 0.15) is 21.5 Å². The van der Waals surface area contributed by atoms with Gasteiger partial charge in [0, 0.05) is 0 Å².